The molecule has 6 nitrogen and oxygen atoms in total. The van der Waals surface area contributed by atoms with Crippen molar-refractivity contribution in [2.75, 3.05) is 39.3 Å². The molecule has 0 unspecified atom stereocenters. The summed E-state index contributed by atoms with van der Waals surface area (Å²) in [6.45, 7) is 1.62. The van der Waals surface area contributed by atoms with Crippen molar-refractivity contribution in [2.24, 2.45) is 0 Å². The Kier molecular flexibility index (Phi) is 6.63. The predicted octanol–water partition coefficient (Wildman–Crippen LogP) is 5.89. The van der Waals surface area contributed by atoms with E-state index < -0.39 is 0 Å². The Hall–Kier alpha value is -1.99. The van der Waals surface area contributed by atoms with Gasteiger partial charge in [-0.2, -0.15) is 0 Å². The van der Waals surface area contributed by atoms with E-state index in [1.54, 1.807) is 33.6 Å². The molecule has 0 radical (unpaired) electrons. The van der Waals surface area contributed by atoms with Gasteiger partial charge in [-0.25, -0.2) is 9.97 Å². The van der Waals surface area contributed by atoms with Gasteiger partial charge >= 0.3 is 0 Å². The lowest BCUT2D eigenvalue weighted by Crippen LogP contribution is -2.37. The van der Waals surface area contributed by atoms with Crippen LogP contribution in [0.25, 0.3) is 22.0 Å². The highest BCUT2D eigenvalue weighted by molar-refractivity contribution is 6.41. The SMILES string of the molecule is COc1cc(OC)c(Cl)c(-c2cc3cnc(Cl)cc3c(N3CCC(OC)CC3)n2)c1Cl. The standard InChI is InChI=1S/C22H22Cl3N3O3/c1-29-13-4-6-28(7-5-13)22-14-9-18(23)26-11-12(14)8-15(27-22)19-20(24)16(30-2)10-17(31-3)21(19)25/h8-11,13H,4-7H2,1-3H3. The third-order valence-corrected chi connectivity index (χ3v) is 6.52. The van der Waals surface area contributed by atoms with Crippen molar-refractivity contribution in [1.29, 1.82) is 0 Å². The predicted molar refractivity (Wildman–Crippen MR) is 125 cm³/mol. The lowest BCUT2D eigenvalue weighted by atomic mass is 10.0. The Balaban J connectivity index is 1.92. The van der Waals surface area contributed by atoms with Crippen LogP contribution in [0.1, 0.15) is 12.8 Å². The average molecular weight is 483 g/mol. The number of piperidine rings is 1. The Morgan fingerprint density at radius 3 is 2.16 bits per heavy atom. The van der Waals surface area contributed by atoms with Gasteiger partial charge in [-0.15, -0.1) is 0 Å². The first kappa shape index (κ1) is 22.2. The zero-order valence-corrected chi connectivity index (χ0v) is 19.7. The molecule has 0 N–H and O–H groups in total. The highest BCUT2D eigenvalue weighted by Crippen LogP contribution is 2.46. The molecule has 0 saturated carbocycles. The number of ether oxygens (including phenoxy) is 3. The van der Waals surface area contributed by atoms with E-state index in [0.717, 1.165) is 42.5 Å². The van der Waals surface area contributed by atoms with Gasteiger partial charge in [0.25, 0.3) is 0 Å². The number of hydrogen-bond donors (Lipinski definition) is 0. The summed E-state index contributed by atoms with van der Waals surface area (Å²) in [5.74, 6) is 1.72. The van der Waals surface area contributed by atoms with Crippen LogP contribution < -0.4 is 14.4 Å². The molecule has 2 aromatic heterocycles. The summed E-state index contributed by atoms with van der Waals surface area (Å²) in [5.41, 5.74) is 1.15. The molecule has 9 heteroatoms. The highest BCUT2D eigenvalue weighted by atomic mass is 35.5. The second-order valence-corrected chi connectivity index (χ2v) is 8.41. The van der Waals surface area contributed by atoms with Gasteiger partial charge in [0.05, 0.1) is 36.1 Å². The molecule has 1 aliphatic rings. The molecule has 3 aromatic rings. The van der Waals surface area contributed by atoms with Crippen LogP contribution in [0, 0.1) is 0 Å². The van der Waals surface area contributed by atoms with Crippen LogP contribution in [0.5, 0.6) is 11.5 Å². The van der Waals surface area contributed by atoms with Crippen LogP contribution in [0.15, 0.2) is 24.4 Å². The Morgan fingerprint density at radius 1 is 0.935 bits per heavy atom. The fraction of sp³-hybridized carbons (Fsp3) is 0.364. The van der Waals surface area contributed by atoms with Gasteiger partial charge in [0.1, 0.15) is 22.5 Å². The largest absolute Gasteiger partial charge is 0.495 e. The van der Waals surface area contributed by atoms with Crippen LogP contribution in [0.4, 0.5) is 5.82 Å². The topological polar surface area (TPSA) is 56.7 Å². The molecule has 1 aliphatic heterocycles. The number of halogens is 3. The van der Waals surface area contributed by atoms with E-state index in [1.807, 2.05) is 12.1 Å². The lowest BCUT2D eigenvalue weighted by Gasteiger charge is -2.33. The van der Waals surface area contributed by atoms with Gasteiger partial charge in [0, 0.05) is 48.8 Å². The first-order chi connectivity index (χ1) is 15.0. The molecule has 1 fully saturated rings. The monoisotopic (exact) mass is 481 g/mol. The van der Waals surface area contributed by atoms with Crippen molar-refractivity contribution in [3.8, 4) is 22.8 Å². The van der Waals surface area contributed by atoms with E-state index in [4.69, 9.17) is 54.0 Å². The van der Waals surface area contributed by atoms with Crippen LogP contribution in [0.2, 0.25) is 15.2 Å². The number of benzene rings is 1. The summed E-state index contributed by atoms with van der Waals surface area (Å²) in [6, 6.07) is 5.39. The van der Waals surface area contributed by atoms with E-state index >= 15 is 0 Å². The van der Waals surface area contributed by atoms with E-state index in [9.17, 15) is 0 Å². The third-order valence-electron chi connectivity index (χ3n) is 5.57. The van der Waals surface area contributed by atoms with Crippen LogP contribution >= 0.6 is 34.8 Å². The van der Waals surface area contributed by atoms with Gasteiger partial charge in [-0.05, 0) is 25.0 Å². The summed E-state index contributed by atoms with van der Waals surface area (Å²) in [4.78, 5) is 11.5. The molecule has 0 atom stereocenters. The van der Waals surface area contributed by atoms with Crippen LogP contribution in [0.3, 0.4) is 0 Å². The fourth-order valence-electron chi connectivity index (χ4n) is 3.89. The van der Waals surface area contributed by atoms with Gasteiger partial charge in [0.2, 0.25) is 0 Å². The number of anilines is 1. The Labute approximate surface area is 196 Å². The van der Waals surface area contributed by atoms with Crippen molar-refractivity contribution >= 4 is 51.4 Å². The smallest absolute Gasteiger partial charge is 0.141 e. The maximum atomic E-state index is 6.66. The Bertz CT molecular complexity index is 1090. The molecule has 0 spiro atoms. The number of pyridine rings is 2. The van der Waals surface area contributed by atoms with Gasteiger partial charge in [-0.1, -0.05) is 34.8 Å². The maximum absolute atomic E-state index is 6.66. The maximum Gasteiger partial charge on any atom is 0.141 e. The number of methoxy groups -OCH3 is 3. The molecule has 1 saturated heterocycles. The molecular weight excluding hydrogens is 461 g/mol. The Morgan fingerprint density at radius 2 is 1.58 bits per heavy atom. The summed E-state index contributed by atoms with van der Waals surface area (Å²) < 4.78 is 16.4. The first-order valence-electron chi connectivity index (χ1n) is 9.81. The summed E-state index contributed by atoms with van der Waals surface area (Å²) in [7, 11) is 4.84. The van der Waals surface area contributed by atoms with Crippen molar-refractivity contribution in [3.63, 3.8) is 0 Å². The van der Waals surface area contributed by atoms with Crippen LogP contribution in [-0.4, -0.2) is 50.5 Å². The lowest BCUT2D eigenvalue weighted by molar-refractivity contribution is 0.0818. The van der Waals surface area contributed by atoms with Crippen molar-refractivity contribution in [3.05, 3.63) is 39.6 Å². The van der Waals surface area contributed by atoms with Gasteiger partial charge in [0.15, 0.2) is 0 Å². The number of rotatable bonds is 5. The van der Waals surface area contributed by atoms with Crippen molar-refractivity contribution in [1.82, 2.24) is 9.97 Å². The number of fused-ring (bicyclic) bond motifs is 1. The second kappa shape index (κ2) is 9.25. The van der Waals surface area contributed by atoms with Gasteiger partial charge < -0.3 is 19.1 Å². The molecule has 164 valence electrons. The van der Waals surface area contributed by atoms with E-state index in [-0.39, 0.29) is 6.10 Å². The first-order valence-corrected chi connectivity index (χ1v) is 10.9. The van der Waals surface area contributed by atoms with E-state index in [0.29, 0.717) is 38.0 Å². The van der Waals surface area contributed by atoms with Gasteiger partial charge in [-0.3, -0.25) is 0 Å². The quantitative estimate of drug-likeness (QED) is 0.423. The number of hydrogen-bond acceptors (Lipinski definition) is 6. The van der Waals surface area contributed by atoms with E-state index in [2.05, 4.69) is 9.88 Å². The molecular formula is C22H22Cl3N3O3. The van der Waals surface area contributed by atoms with Crippen LogP contribution in [-0.2, 0) is 4.74 Å². The zero-order chi connectivity index (χ0) is 22.1. The molecule has 3 heterocycles. The third kappa shape index (κ3) is 4.22. The number of nitrogens with zero attached hydrogens (tertiary/aromatic N) is 3. The fourth-order valence-corrected chi connectivity index (χ4v) is 4.74. The minimum atomic E-state index is 0.252. The summed E-state index contributed by atoms with van der Waals surface area (Å²) >= 11 is 19.5. The van der Waals surface area contributed by atoms with Crippen molar-refractivity contribution in [2.45, 2.75) is 18.9 Å². The minimum absolute atomic E-state index is 0.252. The van der Waals surface area contributed by atoms with E-state index in [1.165, 1.54) is 0 Å². The normalized spacial score (nSPS) is 14.8. The molecule has 1 aromatic carbocycles. The minimum Gasteiger partial charge on any atom is -0.495 e. The summed E-state index contributed by atoms with van der Waals surface area (Å²) in [6.07, 6.45) is 3.81. The van der Waals surface area contributed by atoms with Crippen molar-refractivity contribution < 1.29 is 14.2 Å². The number of aromatic nitrogens is 2. The second-order valence-electron chi connectivity index (χ2n) is 7.27. The molecule has 31 heavy (non-hydrogen) atoms. The molecule has 4 rings (SSSR count). The highest BCUT2D eigenvalue weighted by Gasteiger charge is 2.25. The molecule has 0 aliphatic carbocycles. The molecule has 0 amide bonds. The summed E-state index contributed by atoms with van der Waals surface area (Å²) in [5, 5.41) is 2.94. The zero-order valence-electron chi connectivity index (χ0n) is 17.4. The average Bonchev–Trinajstić information content (AvgIpc) is 2.79. The molecule has 0 bridgehead atoms.